The number of piperidine rings is 1. The molecule has 1 unspecified atom stereocenters. The van der Waals surface area contributed by atoms with Crippen LogP contribution in [0.1, 0.15) is 72.9 Å². The number of hydrogen-bond acceptors (Lipinski definition) is 9. The summed E-state index contributed by atoms with van der Waals surface area (Å²) in [6, 6.07) is 0. The van der Waals surface area contributed by atoms with Gasteiger partial charge in [0.15, 0.2) is 17.6 Å². The first kappa shape index (κ1) is 29.1. The van der Waals surface area contributed by atoms with Gasteiger partial charge in [-0.1, -0.05) is 5.92 Å². The minimum Gasteiger partial charge on any atom is -0.444 e. The van der Waals surface area contributed by atoms with Gasteiger partial charge in [0.05, 0.1) is 12.4 Å². The van der Waals surface area contributed by atoms with E-state index in [4.69, 9.17) is 15.2 Å². The number of imidazole rings is 1. The van der Waals surface area contributed by atoms with Crippen molar-refractivity contribution in [2.45, 2.75) is 84.8 Å². The van der Waals surface area contributed by atoms with Gasteiger partial charge in [-0.3, -0.25) is 9.36 Å². The van der Waals surface area contributed by atoms with Crippen LogP contribution in [0.3, 0.4) is 0 Å². The van der Waals surface area contributed by atoms with Crippen LogP contribution in [0.25, 0.3) is 11.2 Å². The monoisotopic (exact) mass is 529 g/mol. The predicted octanol–water partition coefficient (Wildman–Crippen LogP) is 2.22. The highest BCUT2D eigenvalue weighted by atomic mass is 16.6. The second-order valence-corrected chi connectivity index (χ2v) is 10.5. The molecule has 2 amide bonds. The highest BCUT2D eigenvalue weighted by Crippen LogP contribution is 2.23. The molecule has 3 heterocycles. The van der Waals surface area contributed by atoms with Crippen LogP contribution >= 0.6 is 0 Å². The molecule has 1 aliphatic heterocycles. The standard InChI is InChI=1S/C26H39N7O5/c1-7-28-24(35)21(16(2)34)37-17(3)33-15-29-20-22(27)30-19(31-23(20)33)10-8-9-18-11-13-32(14-12-18)25(36)38-26(4,5)6/h15-18,21,34H,7,9,11-14H2,1-6H3,(H,28,35)(H2,27,30,31)/t16?,17-,21+/m1/s1. The number of fused-ring (bicyclic) bond motifs is 1. The molecule has 1 saturated heterocycles. The smallest absolute Gasteiger partial charge is 0.410 e. The van der Waals surface area contributed by atoms with E-state index in [1.165, 1.54) is 13.3 Å². The second kappa shape index (κ2) is 12.4. The summed E-state index contributed by atoms with van der Waals surface area (Å²) in [5.41, 5.74) is 6.42. The van der Waals surface area contributed by atoms with Crippen molar-refractivity contribution in [2.24, 2.45) is 5.92 Å². The molecule has 38 heavy (non-hydrogen) atoms. The molecule has 12 nitrogen and oxygen atoms in total. The number of nitrogens with zero attached hydrogens (tertiary/aromatic N) is 5. The number of rotatable bonds is 7. The van der Waals surface area contributed by atoms with E-state index < -0.39 is 29.9 Å². The Morgan fingerprint density at radius 2 is 1.95 bits per heavy atom. The van der Waals surface area contributed by atoms with Crippen molar-refractivity contribution >= 4 is 29.0 Å². The molecule has 12 heteroatoms. The lowest BCUT2D eigenvalue weighted by atomic mass is 9.94. The lowest BCUT2D eigenvalue weighted by molar-refractivity contribution is -0.150. The van der Waals surface area contributed by atoms with Crippen molar-refractivity contribution in [3.8, 4) is 11.8 Å². The predicted molar refractivity (Wildman–Crippen MR) is 142 cm³/mol. The summed E-state index contributed by atoms with van der Waals surface area (Å²) in [7, 11) is 0. The third kappa shape index (κ3) is 7.55. The molecule has 0 saturated carbocycles. The molecule has 0 radical (unpaired) electrons. The number of carbonyl (C=O) groups is 2. The first-order chi connectivity index (χ1) is 17.9. The van der Waals surface area contributed by atoms with Gasteiger partial charge in [0, 0.05) is 26.1 Å². The molecule has 4 N–H and O–H groups in total. The summed E-state index contributed by atoms with van der Waals surface area (Å²) < 4.78 is 12.9. The van der Waals surface area contributed by atoms with E-state index in [9.17, 15) is 14.7 Å². The zero-order valence-corrected chi connectivity index (χ0v) is 23.0. The number of aromatic nitrogens is 4. The molecule has 2 aromatic heterocycles. The zero-order chi connectivity index (χ0) is 28.0. The number of nitrogens with one attached hydrogen (secondary N) is 1. The summed E-state index contributed by atoms with van der Waals surface area (Å²) >= 11 is 0. The number of anilines is 1. The topological polar surface area (TPSA) is 158 Å². The number of amides is 2. The summed E-state index contributed by atoms with van der Waals surface area (Å²) in [6.45, 7) is 12.3. The van der Waals surface area contributed by atoms with Crippen molar-refractivity contribution in [1.29, 1.82) is 0 Å². The van der Waals surface area contributed by atoms with Crippen LogP contribution in [-0.4, -0.2) is 79.0 Å². The summed E-state index contributed by atoms with van der Waals surface area (Å²) in [4.78, 5) is 39.4. The van der Waals surface area contributed by atoms with Crippen LogP contribution in [0.2, 0.25) is 0 Å². The minimum absolute atomic E-state index is 0.187. The number of nitrogen functional groups attached to an aromatic ring is 1. The lowest BCUT2D eigenvalue weighted by Crippen LogP contribution is -2.43. The summed E-state index contributed by atoms with van der Waals surface area (Å²) in [5.74, 6) is 6.54. The summed E-state index contributed by atoms with van der Waals surface area (Å²) in [5, 5.41) is 12.7. The molecule has 208 valence electrons. The van der Waals surface area contributed by atoms with E-state index in [-0.39, 0.29) is 17.7 Å². The van der Waals surface area contributed by atoms with Crippen LogP contribution in [-0.2, 0) is 14.3 Å². The maximum absolute atomic E-state index is 12.3. The van der Waals surface area contributed by atoms with E-state index in [2.05, 4.69) is 32.1 Å². The van der Waals surface area contributed by atoms with Crippen molar-refractivity contribution in [3.05, 3.63) is 12.2 Å². The minimum atomic E-state index is -1.07. The van der Waals surface area contributed by atoms with E-state index >= 15 is 0 Å². The fraction of sp³-hybridized carbons (Fsp3) is 0.654. The molecule has 1 fully saturated rings. The van der Waals surface area contributed by atoms with Crippen LogP contribution in [0.15, 0.2) is 6.33 Å². The van der Waals surface area contributed by atoms with Gasteiger partial charge in [-0.2, -0.15) is 0 Å². The number of carbonyl (C=O) groups excluding carboxylic acids is 2. The van der Waals surface area contributed by atoms with Gasteiger partial charge in [-0.05, 0) is 66.2 Å². The first-order valence-electron chi connectivity index (χ1n) is 13.0. The Morgan fingerprint density at radius 1 is 1.26 bits per heavy atom. The van der Waals surface area contributed by atoms with Gasteiger partial charge in [0.25, 0.3) is 5.91 Å². The molecule has 1 aliphatic rings. The highest BCUT2D eigenvalue weighted by Gasteiger charge is 2.28. The Hall–Kier alpha value is -3.43. The number of likely N-dealkylation sites (N-methyl/N-ethyl adjacent to an activating group) is 1. The van der Waals surface area contributed by atoms with Crippen molar-refractivity contribution in [3.63, 3.8) is 0 Å². The average molecular weight is 530 g/mol. The van der Waals surface area contributed by atoms with Gasteiger partial charge >= 0.3 is 6.09 Å². The molecular formula is C26H39N7O5. The Morgan fingerprint density at radius 3 is 2.55 bits per heavy atom. The molecular weight excluding hydrogens is 490 g/mol. The Kier molecular flexibility index (Phi) is 9.51. The van der Waals surface area contributed by atoms with Crippen LogP contribution in [0.5, 0.6) is 0 Å². The maximum atomic E-state index is 12.3. The lowest BCUT2D eigenvalue weighted by Gasteiger charge is -2.32. The Labute approximate surface area is 223 Å². The molecule has 3 rings (SSSR count). The third-order valence-electron chi connectivity index (χ3n) is 6.09. The van der Waals surface area contributed by atoms with E-state index in [0.717, 1.165) is 12.8 Å². The van der Waals surface area contributed by atoms with Crippen molar-refractivity contribution < 1.29 is 24.2 Å². The number of nitrogens with two attached hydrogens (primary N) is 1. The first-order valence-corrected chi connectivity index (χ1v) is 13.0. The largest absolute Gasteiger partial charge is 0.444 e. The number of ether oxygens (including phenoxy) is 2. The van der Waals surface area contributed by atoms with Gasteiger partial charge in [-0.25, -0.2) is 19.7 Å². The van der Waals surface area contributed by atoms with E-state index in [1.807, 2.05) is 20.8 Å². The van der Waals surface area contributed by atoms with Gasteiger partial charge in [-0.15, -0.1) is 0 Å². The number of hydrogen-bond donors (Lipinski definition) is 3. The third-order valence-corrected chi connectivity index (χ3v) is 6.09. The maximum Gasteiger partial charge on any atom is 0.410 e. The van der Waals surface area contributed by atoms with Crippen LogP contribution in [0.4, 0.5) is 10.6 Å². The second-order valence-electron chi connectivity index (χ2n) is 10.5. The average Bonchev–Trinajstić information content (AvgIpc) is 3.26. The van der Waals surface area contributed by atoms with E-state index in [1.54, 1.807) is 23.3 Å². The highest BCUT2D eigenvalue weighted by molar-refractivity contribution is 5.82. The normalized spacial score (nSPS) is 16.9. The van der Waals surface area contributed by atoms with Crippen molar-refractivity contribution in [1.82, 2.24) is 29.7 Å². The number of likely N-dealkylation sites (tertiary alicyclic amines) is 1. The molecule has 0 aliphatic carbocycles. The van der Waals surface area contributed by atoms with Gasteiger partial charge in [0.2, 0.25) is 5.82 Å². The van der Waals surface area contributed by atoms with E-state index in [0.29, 0.717) is 43.1 Å². The quantitative estimate of drug-likeness (QED) is 0.457. The fourth-order valence-corrected chi connectivity index (χ4v) is 4.13. The molecule has 2 aromatic rings. The van der Waals surface area contributed by atoms with Crippen LogP contribution in [0, 0.1) is 17.8 Å². The fourth-order valence-electron chi connectivity index (χ4n) is 4.13. The van der Waals surface area contributed by atoms with Crippen LogP contribution < -0.4 is 11.1 Å². The Bertz CT molecular complexity index is 1190. The molecule has 0 bridgehead atoms. The van der Waals surface area contributed by atoms with Gasteiger partial charge in [0.1, 0.15) is 17.3 Å². The molecule has 3 atom stereocenters. The number of aliphatic hydroxyl groups is 1. The molecule has 0 spiro atoms. The molecule has 0 aromatic carbocycles. The summed E-state index contributed by atoms with van der Waals surface area (Å²) in [6.07, 6.45) is 0.796. The Balaban J connectivity index is 1.67. The van der Waals surface area contributed by atoms with Gasteiger partial charge < -0.3 is 30.5 Å². The van der Waals surface area contributed by atoms with Crippen molar-refractivity contribution in [2.75, 3.05) is 25.4 Å². The zero-order valence-electron chi connectivity index (χ0n) is 23.0. The number of aliphatic hydroxyl groups excluding tert-OH is 1. The SMILES string of the molecule is CCNC(=O)[C@@H](O[C@H](C)n1cnc2c(N)nc(C#CCC3CCN(C(=O)OC(C)(C)C)CC3)nc21)C(C)O.